The van der Waals surface area contributed by atoms with E-state index in [1.165, 1.54) is 25.3 Å². The first kappa shape index (κ1) is 23.6. The summed E-state index contributed by atoms with van der Waals surface area (Å²) in [7, 11) is 0. The fourth-order valence-electron chi connectivity index (χ4n) is 3.24. The third-order valence-electron chi connectivity index (χ3n) is 4.84. The zero-order chi connectivity index (χ0) is 19.0. The largest absolute Gasteiger partial charge is 0.357 e. The van der Waals surface area contributed by atoms with Gasteiger partial charge in [-0.05, 0) is 46.7 Å². The molecule has 1 aliphatic heterocycles. The summed E-state index contributed by atoms with van der Waals surface area (Å²) >= 11 is 0. The van der Waals surface area contributed by atoms with Crippen LogP contribution >= 0.6 is 24.0 Å². The zero-order valence-electron chi connectivity index (χ0n) is 16.5. The number of nitrogens with one attached hydrogen (secondary N) is 2. The molecule has 1 fully saturated rings. The normalized spacial score (nSPS) is 15.7. The molecule has 7 nitrogen and oxygen atoms in total. The van der Waals surface area contributed by atoms with Gasteiger partial charge in [0.2, 0.25) is 0 Å². The van der Waals surface area contributed by atoms with Crippen LogP contribution in [0, 0.1) is 10.1 Å². The number of aliphatic imine (C=N–C) groups is 1. The van der Waals surface area contributed by atoms with Gasteiger partial charge in [-0.2, -0.15) is 0 Å². The predicted octanol–water partition coefficient (Wildman–Crippen LogP) is 3.53. The van der Waals surface area contributed by atoms with E-state index < -0.39 is 0 Å². The lowest BCUT2D eigenvalue weighted by Crippen LogP contribution is -2.54. The van der Waals surface area contributed by atoms with E-state index in [0.29, 0.717) is 11.5 Å². The molecule has 0 atom stereocenters. The van der Waals surface area contributed by atoms with Crippen molar-refractivity contribution in [2.45, 2.75) is 52.1 Å². The Bertz CT molecular complexity index is 630. The van der Waals surface area contributed by atoms with Crippen molar-refractivity contribution in [2.24, 2.45) is 4.99 Å². The van der Waals surface area contributed by atoms with Gasteiger partial charge < -0.3 is 10.6 Å². The van der Waals surface area contributed by atoms with Crippen LogP contribution < -0.4 is 10.6 Å². The summed E-state index contributed by atoms with van der Waals surface area (Å²) in [4.78, 5) is 17.9. The zero-order valence-corrected chi connectivity index (χ0v) is 18.9. The molecule has 1 heterocycles. The molecule has 2 N–H and O–H groups in total. The Kier molecular flexibility index (Phi) is 10.00. The molecule has 0 unspecified atom stereocenters. The van der Waals surface area contributed by atoms with Gasteiger partial charge in [-0.3, -0.25) is 15.0 Å². The number of rotatable bonds is 7. The van der Waals surface area contributed by atoms with E-state index in [4.69, 9.17) is 0 Å². The molecule has 152 valence electrons. The van der Waals surface area contributed by atoms with Gasteiger partial charge >= 0.3 is 0 Å². The predicted molar refractivity (Wildman–Crippen MR) is 121 cm³/mol. The van der Waals surface area contributed by atoms with Gasteiger partial charge in [0.25, 0.3) is 5.69 Å². The van der Waals surface area contributed by atoms with Gasteiger partial charge in [0.15, 0.2) is 5.96 Å². The number of benzene rings is 1. The first-order valence-corrected chi connectivity index (χ1v) is 9.43. The highest BCUT2D eigenvalue weighted by molar-refractivity contribution is 14.0. The molecule has 0 aliphatic carbocycles. The maximum absolute atomic E-state index is 11.1. The smallest absolute Gasteiger partial charge is 0.274 e. The summed E-state index contributed by atoms with van der Waals surface area (Å²) in [5.41, 5.74) is 0.765. The highest BCUT2D eigenvalue weighted by Crippen LogP contribution is 2.20. The van der Waals surface area contributed by atoms with E-state index in [-0.39, 0.29) is 46.7 Å². The number of halogens is 1. The standard InChI is InChI=1S/C19H31N5O2.HI/c1-4-20-18(21-14-16-10-6-7-11-17(16)24(25)26)22-15-19(2,3)23-12-8-5-9-13-23;/h6-7,10-11H,4-5,8-9,12-15H2,1-3H3,(H2,20,21,22);1H. The molecule has 0 saturated carbocycles. The number of guanidine groups is 1. The molecule has 0 bridgehead atoms. The Morgan fingerprint density at radius 3 is 2.52 bits per heavy atom. The van der Waals surface area contributed by atoms with Crippen molar-refractivity contribution in [3.05, 3.63) is 39.9 Å². The van der Waals surface area contributed by atoms with E-state index in [9.17, 15) is 10.1 Å². The minimum atomic E-state index is -0.356. The van der Waals surface area contributed by atoms with Gasteiger partial charge in [0.1, 0.15) is 0 Å². The highest BCUT2D eigenvalue weighted by Gasteiger charge is 2.27. The van der Waals surface area contributed by atoms with E-state index >= 15 is 0 Å². The minimum absolute atomic E-state index is 0. The van der Waals surface area contributed by atoms with E-state index in [2.05, 4.69) is 34.4 Å². The van der Waals surface area contributed by atoms with Crippen LogP contribution in [-0.4, -0.2) is 47.5 Å². The minimum Gasteiger partial charge on any atom is -0.357 e. The van der Waals surface area contributed by atoms with Crippen molar-refractivity contribution >= 4 is 35.6 Å². The second-order valence-corrected chi connectivity index (χ2v) is 7.29. The van der Waals surface area contributed by atoms with Crippen LogP contribution in [-0.2, 0) is 6.54 Å². The van der Waals surface area contributed by atoms with E-state index in [1.54, 1.807) is 18.2 Å². The average Bonchev–Trinajstić information content (AvgIpc) is 2.65. The van der Waals surface area contributed by atoms with Gasteiger partial charge in [-0.25, -0.2) is 4.99 Å². The number of nitro benzene ring substituents is 1. The number of hydrogen-bond acceptors (Lipinski definition) is 4. The molecule has 0 radical (unpaired) electrons. The SMILES string of the molecule is CCNC(=NCc1ccccc1[N+](=O)[O-])NCC(C)(C)N1CCCCC1.I. The van der Waals surface area contributed by atoms with Crippen LogP contribution in [0.1, 0.15) is 45.6 Å². The van der Waals surface area contributed by atoms with E-state index in [0.717, 1.165) is 26.2 Å². The molecular weight excluding hydrogens is 457 g/mol. The van der Waals surface area contributed by atoms with Crippen LogP contribution in [0.2, 0.25) is 0 Å². The molecule has 1 aromatic rings. The van der Waals surface area contributed by atoms with Gasteiger partial charge in [-0.15, -0.1) is 24.0 Å². The number of para-hydroxylation sites is 1. The molecule has 2 rings (SSSR count). The topological polar surface area (TPSA) is 82.8 Å². The lowest BCUT2D eigenvalue weighted by atomic mass is 9.98. The number of nitro groups is 1. The Morgan fingerprint density at radius 1 is 1.22 bits per heavy atom. The first-order valence-electron chi connectivity index (χ1n) is 9.43. The van der Waals surface area contributed by atoms with Crippen molar-refractivity contribution in [2.75, 3.05) is 26.2 Å². The molecule has 0 spiro atoms. The number of piperidine rings is 1. The molecule has 1 aliphatic rings. The molecular formula is C19H32IN5O2. The lowest BCUT2D eigenvalue weighted by molar-refractivity contribution is -0.385. The molecule has 1 aromatic carbocycles. The Labute approximate surface area is 179 Å². The van der Waals surface area contributed by atoms with Gasteiger partial charge in [-0.1, -0.05) is 24.6 Å². The van der Waals surface area contributed by atoms with Crippen molar-refractivity contribution in [1.29, 1.82) is 0 Å². The van der Waals surface area contributed by atoms with E-state index in [1.807, 2.05) is 6.92 Å². The van der Waals surface area contributed by atoms with Gasteiger partial charge in [0.05, 0.1) is 17.0 Å². The summed E-state index contributed by atoms with van der Waals surface area (Å²) < 4.78 is 0. The van der Waals surface area contributed by atoms with Crippen LogP contribution in [0.5, 0.6) is 0 Å². The number of likely N-dealkylation sites (tertiary alicyclic amines) is 1. The second kappa shape index (κ2) is 11.4. The van der Waals surface area contributed by atoms with Crippen molar-refractivity contribution in [3.8, 4) is 0 Å². The first-order chi connectivity index (χ1) is 12.4. The van der Waals surface area contributed by atoms with Crippen LogP contribution in [0.3, 0.4) is 0 Å². The van der Waals surface area contributed by atoms with Crippen LogP contribution in [0.15, 0.2) is 29.3 Å². The van der Waals surface area contributed by atoms with Gasteiger partial charge in [0, 0.05) is 24.7 Å². The monoisotopic (exact) mass is 489 g/mol. The summed E-state index contributed by atoms with van der Waals surface area (Å²) in [5.74, 6) is 0.690. The molecule has 8 heteroatoms. The third kappa shape index (κ3) is 7.25. The molecule has 0 amide bonds. The van der Waals surface area contributed by atoms with Crippen molar-refractivity contribution in [1.82, 2.24) is 15.5 Å². The van der Waals surface area contributed by atoms with Crippen LogP contribution in [0.25, 0.3) is 0 Å². The molecule has 1 saturated heterocycles. The fraction of sp³-hybridized carbons (Fsp3) is 0.632. The maximum atomic E-state index is 11.1. The van der Waals surface area contributed by atoms with Crippen LogP contribution in [0.4, 0.5) is 5.69 Å². The molecule has 0 aromatic heterocycles. The Balaban J connectivity index is 0.00000364. The van der Waals surface area contributed by atoms with Crippen molar-refractivity contribution < 1.29 is 4.92 Å². The summed E-state index contributed by atoms with van der Waals surface area (Å²) in [6.07, 6.45) is 3.84. The Hall–Kier alpha value is -1.42. The quantitative estimate of drug-likeness (QED) is 0.201. The summed E-state index contributed by atoms with van der Waals surface area (Å²) in [6, 6.07) is 6.75. The number of nitrogens with zero attached hydrogens (tertiary/aromatic N) is 3. The van der Waals surface area contributed by atoms with Crippen molar-refractivity contribution in [3.63, 3.8) is 0 Å². The lowest BCUT2D eigenvalue weighted by Gasteiger charge is -2.41. The number of hydrogen-bond donors (Lipinski definition) is 2. The third-order valence-corrected chi connectivity index (χ3v) is 4.84. The fourth-order valence-corrected chi connectivity index (χ4v) is 3.24. The summed E-state index contributed by atoms with van der Waals surface area (Å²) in [6.45, 7) is 10.6. The maximum Gasteiger partial charge on any atom is 0.274 e. The Morgan fingerprint density at radius 2 is 1.89 bits per heavy atom. The highest BCUT2D eigenvalue weighted by atomic mass is 127. The molecule has 27 heavy (non-hydrogen) atoms. The second-order valence-electron chi connectivity index (χ2n) is 7.29. The summed E-state index contributed by atoms with van der Waals surface area (Å²) in [5, 5.41) is 17.8. The average molecular weight is 489 g/mol.